The number of likely N-dealkylation sites (tertiary alicyclic amines) is 1. The molecule has 1 amide bonds. The van der Waals surface area contributed by atoms with Gasteiger partial charge in [-0.3, -0.25) is 14.6 Å². The summed E-state index contributed by atoms with van der Waals surface area (Å²) in [4.78, 5) is 28.5. The van der Waals surface area contributed by atoms with Gasteiger partial charge in [0.1, 0.15) is 5.75 Å². The number of rotatable bonds is 3. The third-order valence-corrected chi connectivity index (χ3v) is 3.27. The lowest BCUT2D eigenvalue weighted by Gasteiger charge is -2.35. The van der Waals surface area contributed by atoms with Crippen molar-refractivity contribution in [1.82, 2.24) is 9.88 Å². The minimum Gasteiger partial charge on any atom is -0.506 e. The summed E-state index contributed by atoms with van der Waals surface area (Å²) < 4.78 is 0. The first-order valence-electron chi connectivity index (χ1n) is 6.24. The third kappa shape index (κ3) is 3.21. The second-order valence-corrected chi connectivity index (χ2v) is 4.68. The quantitative estimate of drug-likeness (QED) is 0.857. The molecule has 0 spiro atoms. The van der Waals surface area contributed by atoms with Crippen molar-refractivity contribution in [2.24, 2.45) is 0 Å². The van der Waals surface area contributed by atoms with Crippen LogP contribution in [0.1, 0.15) is 36.0 Å². The number of aliphatic carboxylic acids is 1. The summed E-state index contributed by atoms with van der Waals surface area (Å²) >= 11 is 0. The summed E-state index contributed by atoms with van der Waals surface area (Å²) in [6, 6.07) is 1.07. The van der Waals surface area contributed by atoms with Crippen molar-refractivity contribution in [3.8, 4) is 5.75 Å². The number of carbonyl (C=O) groups is 2. The van der Waals surface area contributed by atoms with Crippen molar-refractivity contribution in [3.05, 3.63) is 24.0 Å². The zero-order chi connectivity index (χ0) is 13.8. The number of piperidine rings is 1. The highest BCUT2D eigenvalue weighted by molar-refractivity contribution is 5.94. The molecule has 0 saturated carbocycles. The molecule has 2 heterocycles. The van der Waals surface area contributed by atoms with E-state index in [9.17, 15) is 14.7 Å². The second kappa shape index (κ2) is 5.69. The van der Waals surface area contributed by atoms with Crippen LogP contribution in [0.2, 0.25) is 0 Å². The fourth-order valence-corrected chi connectivity index (χ4v) is 2.39. The van der Waals surface area contributed by atoms with Crippen LogP contribution < -0.4 is 0 Å². The molecule has 102 valence electrons. The van der Waals surface area contributed by atoms with Crippen molar-refractivity contribution in [2.45, 2.75) is 31.7 Å². The van der Waals surface area contributed by atoms with Crippen molar-refractivity contribution >= 4 is 11.9 Å². The maximum atomic E-state index is 12.3. The van der Waals surface area contributed by atoms with Gasteiger partial charge in [-0.2, -0.15) is 0 Å². The highest BCUT2D eigenvalue weighted by Gasteiger charge is 2.29. The Balaban J connectivity index is 2.17. The summed E-state index contributed by atoms with van der Waals surface area (Å²) in [6.07, 6.45) is 5.09. The number of hydrogen-bond acceptors (Lipinski definition) is 4. The van der Waals surface area contributed by atoms with Crippen molar-refractivity contribution < 1.29 is 19.8 Å². The predicted molar refractivity (Wildman–Crippen MR) is 66.8 cm³/mol. The van der Waals surface area contributed by atoms with Crippen LogP contribution in [0, 0.1) is 0 Å². The maximum Gasteiger partial charge on any atom is 0.305 e. The van der Waals surface area contributed by atoms with E-state index in [1.165, 1.54) is 18.5 Å². The van der Waals surface area contributed by atoms with Crippen LogP contribution in [0.25, 0.3) is 0 Å². The summed E-state index contributed by atoms with van der Waals surface area (Å²) in [5.74, 6) is -1.24. The van der Waals surface area contributed by atoms with Gasteiger partial charge in [-0.15, -0.1) is 0 Å². The molecule has 6 heteroatoms. The molecule has 0 aromatic carbocycles. The summed E-state index contributed by atoms with van der Waals surface area (Å²) in [5, 5.41) is 18.2. The van der Waals surface area contributed by atoms with Gasteiger partial charge in [0.25, 0.3) is 5.91 Å². The molecule has 0 bridgehead atoms. The van der Waals surface area contributed by atoms with Crippen molar-refractivity contribution in [1.29, 1.82) is 0 Å². The van der Waals surface area contributed by atoms with Crippen LogP contribution in [0.5, 0.6) is 5.75 Å². The molecule has 1 aromatic rings. The second-order valence-electron chi connectivity index (χ2n) is 4.68. The average molecular weight is 264 g/mol. The van der Waals surface area contributed by atoms with Gasteiger partial charge < -0.3 is 15.1 Å². The van der Waals surface area contributed by atoms with Gasteiger partial charge in [-0.1, -0.05) is 0 Å². The normalized spacial score (nSPS) is 19.2. The Kier molecular flexibility index (Phi) is 3.99. The van der Waals surface area contributed by atoms with Gasteiger partial charge in [0, 0.05) is 18.8 Å². The topological polar surface area (TPSA) is 90.7 Å². The molecule has 1 saturated heterocycles. The Bertz CT molecular complexity index is 489. The molecule has 6 nitrogen and oxygen atoms in total. The zero-order valence-corrected chi connectivity index (χ0v) is 10.5. The number of amides is 1. The van der Waals surface area contributed by atoms with E-state index in [4.69, 9.17) is 5.11 Å². The van der Waals surface area contributed by atoms with Crippen LogP contribution in [-0.4, -0.2) is 44.6 Å². The van der Waals surface area contributed by atoms with E-state index in [1.54, 1.807) is 4.90 Å². The number of hydrogen-bond donors (Lipinski definition) is 2. The standard InChI is InChI=1S/C13H16N2O4/c16-11-5-9(7-14-8-11)13(19)15-4-2-1-3-10(15)6-12(17)18/h5,7-8,10,16H,1-4,6H2,(H,17,18). The van der Waals surface area contributed by atoms with E-state index in [0.29, 0.717) is 13.0 Å². The molecule has 1 aliphatic heterocycles. The highest BCUT2D eigenvalue weighted by Crippen LogP contribution is 2.22. The minimum atomic E-state index is -0.904. The maximum absolute atomic E-state index is 12.3. The van der Waals surface area contributed by atoms with E-state index >= 15 is 0 Å². The van der Waals surface area contributed by atoms with Crippen molar-refractivity contribution in [2.75, 3.05) is 6.54 Å². The number of aromatic nitrogens is 1. The molecule has 2 N–H and O–H groups in total. The van der Waals surface area contributed by atoms with Crippen molar-refractivity contribution in [3.63, 3.8) is 0 Å². The van der Waals surface area contributed by atoms with E-state index < -0.39 is 5.97 Å². The van der Waals surface area contributed by atoms with Gasteiger partial charge in [0.05, 0.1) is 18.2 Å². The summed E-state index contributed by atoms with van der Waals surface area (Å²) in [6.45, 7) is 0.548. The molecule has 1 fully saturated rings. The number of carboxylic acids is 1. The van der Waals surface area contributed by atoms with Gasteiger partial charge in [0.2, 0.25) is 0 Å². The number of aromatic hydroxyl groups is 1. The Morgan fingerprint density at radius 2 is 2.16 bits per heavy atom. The van der Waals surface area contributed by atoms with Gasteiger partial charge >= 0.3 is 5.97 Å². The van der Waals surface area contributed by atoms with Gasteiger partial charge in [0.15, 0.2) is 0 Å². The van der Waals surface area contributed by atoms with E-state index in [1.807, 2.05) is 0 Å². The molecule has 1 atom stereocenters. The Morgan fingerprint density at radius 1 is 1.37 bits per heavy atom. The molecule has 1 aliphatic rings. The zero-order valence-electron chi connectivity index (χ0n) is 10.5. The first kappa shape index (κ1) is 13.3. The molecular formula is C13H16N2O4. The smallest absolute Gasteiger partial charge is 0.305 e. The molecule has 0 aliphatic carbocycles. The lowest BCUT2D eigenvalue weighted by molar-refractivity contribution is -0.138. The third-order valence-electron chi connectivity index (χ3n) is 3.27. The monoisotopic (exact) mass is 264 g/mol. The Hall–Kier alpha value is -2.11. The van der Waals surface area contributed by atoms with Crippen LogP contribution in [-0.2, 0) is 4.79 Å². The summed E-state index contributed by atoms with van der Waals surface area (Å²) in [5.41, 5.74) is 0.289. The first-order valence-corrected chi connectivity index (χ1v) is 6.24. The molecule has 2 rings (SSSR count). The molecule has 1 aromatic heterocycles. The lowest BCUT2D eigenvalue weighted by atomic mass is 9.98. The minimum absolute atomic E-state index is 0.0437. The largest absolute Gasteiger partial charge is 0.506 e. The number of pyridine rings is 1. The molecule has 0 radical (unpaired) electrons. The van der Waals surface area contributed by atoms with E-state index in [2.05, 4.69) is 4.98 Å². The molecule has 1 unspecified atom stereocenters. The Labute approximate surface area is 110 Å². The van der Waals surface area contributed by atoms with E-state index in [0.717, 1.165) is 12.8 Å². The van der Waals surface area contributed by atoms with Crippen LogP contribution in [0.15, 0.2) is 18.5 Å². The molecule has 19 heavy (non-hydrogen) atoms. The lowest BCUT2D eigenvalue weighted by Crippen LogP contribution is -2.44. The fourth-order valence-electron chi connectivity index (χ4n) is 2.39. The van der Waals surface area contributed by atoms with Crippen LogP contribution in [0.3, 0.4) is 0 Å². The fraction of sp³-hybridized carbons (Fsp3) is 0.462. The predicted octanol–water partition coefficient (Wildman–Crippen LogP) is 1.26. The van der Waals surface area contributed by atoms with Gasteiger partial charge in [-0.05, 0) is 25.3 Å². The van der Waals surface area contributed by atoms with E-state index in [-0.39, 0.29) is 29.7 Å². The van der Waals surface area contributed by atoms with Crippen LogP contribution in [0.4, 0.5) is 0 Å². The average Bonchev–Trinajstić information content (AvgIpc) is 2.38. The number of carboxylic acid groups (broad SMARTS) is 1. The first-order chi connectivity index (χ1) is 9.08. The van der Waals surface area contributed by atoms with Crippen LogP contribution >= 0.6 is 0 Å². The Morgan fingerprint density at radius 3 is 2.84 bits per heavy atom. The number of carbonyl (C=O) groups excluding carboxylic acids is 1. The van der Waals surface area contributed by atoms with Gasteiger partial charge in [-0.25, -0.2) is 0 Å². The number of nitrogens with zero attached hydrogens (tertiary/aromatic N) is 2. The highest BCUT2D eigenvalue weighted by atomic mass is 16.4. The SMILES string of the molecule is O=C(O)CC1CCCCN1C(=O)c1cncc(O)c1. The molecular weight excluding hydrogens is 248 g/mol. The summed E-state index contributed by atoms with van der Waals surface area (Å²) in [7, 11) is 0.